The summed E-state index contributed by atoms with van der Waals surface area (Å²) in [4.78, 5) is 7.10. The zero-order valence-electron chi connectivity index (χ0n) is 12.5. The maximum atomic E-state index is 5.38. The Labute approximate surface area is 121 Å². The average Bonchev–Trinajstić information content (AvgIpc) is 3.09. The number of imidazole rings is 1. The van der Waals surface area contributed by atoms with E-state index in [1.165, 1.54) is 25.7 Å². The van der Waals surface area contributed by atoms with Crippen LogP contribution in [0.5, 0.6) is 0 Å². The van der Waals surface area contributed by atoms with Crippen LogP contribution in [-0.4, -0.2) is 53.8 Å². The molecule has 20 heavy (non-hydrogen) atoms. The minimum Gasteiger partial charge on any atom is -0.379 e. The largest absolute Gasteiger partial charge is 0.379 e. The first-order chi connectivity index (χ1) is 9.83. The van der Waals surface area contributed by atoms with Crippen molar-refractivity contribution in [2.24, 2.45) is 0 Å². The van der Waals surface area contributed by atoms with Gasteiger partial charge in [-0.15, -0.1) is 0 Å². The normalized spacial score (nSPS) is 21.4. The van der Waals surface area contributed by atoms with Crippen molar-refractivity contribution >= 4 is 5.95 Å². The molecule has 0 unspecified atom stereocenters. The molecule has 112 valence electrons. The quantitative estimate of drug-likeness (QED) is 0.895. The van der Waals surface area contributed by atoms with Crippen molar-refractivity contribution in [3.63, 3.8) is 0 Å². The molecule has 2 fully saturated rings. The highest BCUT2D eigenvalue weighted by atomic mass is 16.5. The highest BCUT2D eigenvalue weighted by Gasteiger charge is 2.20. The highest BCUT2D eigenvalue weighted by molar-refractivity contribution is 5.29. The number of nitrogens with one attached hydrogen (secondary N) is 1. The van der Waals surface area contributed by atoms with E-state index < -0.39 is 0 Å². The van der Waals surface area contributed by atoms with Crippen molar-refractivity contribution in [1.82, 2.24) is 14.5 Å². The van der Waals surface area contributed by atoms with E-state index in [0.717, 1.165) is 51.0 Å². The molecule has 2 heterocycles. The summed E-state index contributed by atoms with van der Waals surface area (Å²) < 4.78 is 7.74. The zero-order chi connectivity index (χ0) is 13.8. The van der Waals surface area contributed by atoms with Gasteiger partial charge in [0, 0.05) is 38.4 Å². The smallest absolute Gasteiger partial charge is 0.203 e. The summed E-state index contributed by atoms with van der Waals surface area (Å²) in [5.41, 5.74) is 1.12. The number of hydrogen-bond acceptors (Lipinski definition) is 4. The summed E-state index contributed by atoms with van der Waals surface area (Å²) >= 11 is 0. The second-order valence-electron chi connectivity index (χ2n) is 5.93. The monoisotopic (exact) mass is 278 g/mol. The third-order valence-corrected chi connectivity index (χ3v) is 4.39. The van der Waals surface area contributed by atoms with Crippen molar-refractivity contribution in [2.45, 2.75) is 38.6 Å². The van der Waals surface area contributed by atoms with Gasteiger partial charge in [0.25, 0.3) is 0 Å². The van der Waals surface area contributed by atoms with Gasteiger partial charge in [0.05, 0.1) is 18.9 Å². The van der Waals surface area contributed by atoms with Crippen LogP contribution in [0.3, 0.4) is 0 Å². The molecule has 1 aromatic rings. The fraction of sp³-hybridized carbons (Fsp3) is 0.800. The fourth-order valence-electron chi connectivity index (χ4n) is 3.26. The molecule has 1 aliphatic heterocycles. The number of anilines is 1. The predicted octanol–water partition coefficient (Wildman–Crippen LogP) is 2.05. The second kappa shape index (κ2) is 6.59. The molecule has 0 aromatic carbocycles. The van der Waals surface area contributed by atoms with E-state index in [1.54, 1.807) is 0 Å². The molecule has 1 saturated heterocycles. The minimum absolute atomic E-state index is 0.655. The molecule has 1 N–H and O–H groups in total. The summed E-state index contributed by atoms with van der Waals surface area (Å²) in [7, 11) is 0. The summed E-state index contributed by atoms with van der Waals surface area (Å²) in [6, 6.07) is 0.655. The van der Waals surface area contributed by atoms with E-state index in [9.17, 15) is 0 Å². The molecule has 5 nitrogen and oxygen atoms in total. The third-order valence-electron chi connectivity index (χ3n) is 4.39. The van der Waals surface area contributed by atoms with Crippen LogP contribution in [0.4, 0.5) is 5.95 Å². The van der Waals surface area contributed by atoms with E-state index in [2.05, 4.69) is 32.9 Å². The zero-order valence-corrected chi connectivity index (χ0v) is 12.5. The van der Waals surface area contributed by atoms with E-state index >= 15 is 0 Å². The number of aryl methyl sites for hydroxylation is 1. The Morgan fingerprint density at radius 2 is 2.05 bits per heavy atom. The Balaban J connectivity index is 1.53. The maximum absolute atomic E-state index is 5.38. The summed E-state index contributed by atoms with van der Waals surface area (Å²) in [5.74, 6) is 1.06. The van der Waals surface area contributed by atoms with E-state index in [0.29, 0.717) is 6.04 Å². The molecule has 5 heteroatoms. The van der Waals surface area contributed by atoms with E-state index in [1.807, 2.05) is 0 Å². The SMILES string of the molecule is Cc1cn(C2CCCC2)c(NCCN2CCOCC2)n1. The number of aromatic nitrogens is 2. The van der Waals surface area contributed by atoms with Gasteiger partial charge in [-0.25, -0.2) is 4.98 Å². The molecule has 1 saturated carbocycles. The maximum Gasteiger partial charge on any atom is 0.203 e. The molecule has 3 rings (SSSR count). The Bertz CT molecular complexity index is 420. The van der Waals surface area contributed by atoms with E-state index in [4.69, 9.17) is 4.74 Å². The molecule has 0 amide bonds. The van der Waals surface area contributed by atoms with Crippen LogP contribution in [0, 0.1) is 6.92 Å². The van der Waals surface area contributed by atoms with Gasteiger partial charge in [-0.2, -0.15) is 0 Å². The first kappa shape index (κ1) is 13.9. The van der Waals surface area contributed by atoms with Gasteiger partial charge < -0.3 is 14.6 Å². The van der Waals surface area contributed by atoms with Crippen molar-refractivity contribution in [2.75, 3.05) is 44.7 Å². The topological polar surface area (TPSA) is 42.3 Å². The van der Waals surface area contributed by atoms with Gasteiger partial charge in [-0.05, 0) is 19.8 Å². The lowest BCUT2D eigenvalue weighted by molar-refractivity contribution is 0.0398. The second-order valence-corrected chi connectivity index (χ2v) is 5.93. The summed E-state index contributed by atoms with van der Waals surface area (Å²) in [5, 5.41) is 3.53. The van der Waals surface area contributed by atoms with Crippen LogP contribution in [0.25, 0.3) is 0 Å². The number of hydrogen-bond donors (Lipinski definition) is 1. The van der Waals surface area contributed by atoms with Crippen LogP contribution < -0.4 is 5.32 Å². The van der Waals surface area contributed by atoms with Gasteiger partial charge in [-0.3, -0.25) is 4.90 Å². The Hall–Kier alpha value is -1.07. The van der Waals surface area contributed by atoms with Gasteiger partial charge in [0.2, 0.25) is 5.95 Å². The molecule has 0 spiro atoms. The summed E-state index contributed by atoms with van der Waals surface area (Å²) in [6.45, 7) is 7.96. The number of morpholine rings is 1. The van der Waals surface area contributed by atoms with Gasteiger partial charge in [0.1, 0.15) is 0 Å². The molecular formula is C15H26N4O. The Kier molecular flexibility index (Phi) is 4.58. The molecule has 0 bridgehead atoms. The van der Waals surface area contributed by atoms with Crippen LogP contribution in [0.2, 0.25) is 0 Å². The number of ether oxygens (including phenoxy) is 1. The third kappa shape index (κ3) is 3.33. The molecule has 1 aromatic heterocycles. The highest BCUT2D eigenvalue weighted by Crippen LogP contribution is 2.31. The standard InChI is InChI=1S/C15H26N4O/c1-13-12-19(14-4-2-3-5-14)15(17-13)16-6-7-18-8-10-20-11-9-18/h12,14H,2-11H2,1H3,(H,16,17). The van der Waals surface area contributed by atoms with Gasteiger partial charge >= 0.3 is 0 Å². The van der Waals surface area contributed by atoms with Crippen LogP contribution >= 0.6 is 0 Å². The fourth-order valence-corrected chi connectivity index (χ4v) is 3.26. The Morgan fingerprint density at radius 1 is 1.30 bits per heavy atom. The molecule has 0 atom stereocenters. The minimum atomic E-state index is 0.655. The lowest BCUT2D eigenvalue weighted by Crippen LogP contribution is -2.39. The van der Waals surface area contributed by atoms with Crippen LogP contribution in [0.1, 0.15) is 37.4 Å². The van der Waals surface area contributed by atoms with Crippen LogP contribution in [-0.2, 0) is 4.74 Å². The van der Waals surface area contributed by atoms with Gasteiger partial charge in [0.15, 0.2) is 0 Å². The summed E-state index contributed by atoms with van der Waals surface area (Å²) in [6.07, 6.45) is 7.51. The first-order valence-electron chi connectivity index (χ1n) is 7.92. The predicted molar refractivity (Wildman–Crippen MR) is 80.2 cm³/mol. The molecular weight excluding hydrogens is 252 g/mol. The lowest BCUT2D eigenvalue weighted by atomic mass is 10.2. The Morgan fingerprint density at radius 3 is 2.80 bits per heavy atom. The molecule has 1 aliphatic carbocycles. The average molecular weight is 278 g/mol. The first-order valence-corrected chi connectivity index (χ1v) is 7.92. The molecule has 0 radical (unpaired) electrons. The van der Waals surface area contributed by atoms with E-state index in [-0.39, 0.29) is 0 Å². The number of nitrogens with zero attached hydrogens (tertiary/aromatic N) is 3. The van der Waals surface area contributed by atoms with Crippen molar-refractivity contribution in [1.29, 1.82) is 0 Å². The molecule has 2 aliphatic rings. The van der Waals surface area contributed by atoms with Crippen molar-refractivity contribution in [3.8, 4) is 0 Å². The number of rotatable bonds is 5. The lowest BCUT2D eigenvalue weighted by Gasteiger charge is -2.26. The van der Waals surface area contributed by atoms with Crippen molar-refractivity contribution < 1.29 is 4.74 Å². The van der Waals surface area contributed by atoms with Crippen LogP contribution in [0.15, 0.2) is 6.20 Å². The van der Waals surface area contributed by atoms with Crippen molar-refractivity contribution in [3.05, 3.63) is 11.9 Å². The van der Waals surface area contributed by atoms with Gasteiger partial charge in [-0.1, -0.05) is 12.8 Å².